The second-order valence-corrected chi connectivity index (χ2v) is 9.13. The summed E-state index contributed by atoms with van der Waals surface area (Å²) < 4.78 is 0. The van der Waals surface area contributed by atoms with Gasteiger partial charge in [0.15, 0.2) is 0 Å². The quantitative estimate of drug-likeness (QED) is 0.783. The third-order valence-corrected chi connectivity index (χ3v) is 5.96. The third-order valence-electron chi connectivity index (χ3n) is 4.37. The van der Waals surface area contributed by atoms with E-state index in [2.05, 4.69) is 35.4 Å². The molecule has 0 bridgehead atoms. The van der Waals surface area contributed by atoms with E-state index in [9.17, 15) is 4.79 Å². The fraction of sp³-hybridized carbons (Fsp3) is 0.938. The first-order valence-corrected chi connectivity index (χ1v) is 8.91. The van der Waals surface area contributed by atoms with Gasteiger partial charge >= 0.3 is 0 Å². The molecule has 0 radical (unpaired) electrons. The molecule has 0 aliphatic carbocycles. The minimum absolute atomic E-state index is 0.245. The summed E-state index contributed by atoms with van der Waals surface area (Å²) in [6.07, 6.45) is 2.26. The highest BCUT2D eigenvalue weighted by molar-refractivity contribution is 8.00. The fourth-order valence-corrected chi connectivity index (χ4v) is 4.84. The van der Waals surface area contributed by atoms with E-state index in [0.717, 1.165) is 31.8 Å². The first-order chi connectivity index (χ1) is 9.24. The third kappa shape index (κ3) is 3.33. The number of hydrogen-bond acceptors (Lipinski definition) is 3. The summed E-state index contributed by atoms with van der Waals surface area (Å²) in [5.74, 6) is 2.28. The molecular weight excluding hydrogens is 268 g/mol. The Kier molecular flexibility index (Phi) is 4.75. The average molecular weight is 298 g/mol. The van der Waals surface area contributed by atoms with Gasteiger partial charge < -0.3 is 4.90 Å². The summed E-state index contributed by atoms with van der Waals surface area (Å²) in [5, 5.41) is 0. The van der Waals surface area contributed by atoms with Gasteiger partial charge in [0.05, 0.1) is 4.87 Å². The molecule has 0 unspecified atom stereocenters. The Hall–Kier alpha value is -0.220. The number of hydrogen-bond donors (Lipinski definition) is 0. The van der Waals surface area contributed by atoms with Gasteiger partial charge in [0.25, 0.3) is 0 Å². The molecule has 2 aliphatic rings. The van der Waals surface area contributed by atoms with Gasteiger partial charge in [0, 0.05) is 37.3 Å². The average Bonchev–Trinajstić information content (AvgIpc) is 2.71. The van der Waals surface area contributed by atoms with Crippen molar-refractivity contribution in [1.82, 2.24) is 9.80 Å². The highest BCUT2D eigenvalue weighted by Gasteiger charge is 2.45. The molecule has 2 saturated heterocycles. The molecule has 0 aromatic rings. The number of piperidine rings is 1. The van der Waals surface area contributed by atoms with Crippen molar-refractivity contribution >= 4 is 17.7 Å². The van der Waals surface area contributed by atoms with Crippen LogP contribution in [-0.4, -0.2) is 52.5 Å². The number of carbonyl (C=O) groups excluding carboxylic acids is 1. The van der Waals surface area contributed by atoms with Crippen molar-refractivity contribution in [1.29, 1.82) is 0 Å². The van der Waals surface area contributed by atoms with Crippen molar-refractivity contribution in [3.8, 4) is 0 Å². The minimum atomic E-state index is -0.245. The Balaban J connectivity index is 1.98. The Morgan fingerprint density at radius 1 is 1.20 bits per heavy atom. The highest BCUT2D eigenvalue weighted by atomic mass is 32.2. The largest absolute Gasteiger partial charge is 0.342 e. The minimum Gasteiger partial charge on any atom is -0.342 e. The molecule has 0 aromatic heterocycles. The molecular formula is C16H30N2OS. The van der Waals surface area contributed by atoms with Crippen LogP contribution in [0.2, 0.25) is 0 Å². The normalized spacial score (nSPS) is 23.8. The van der Waals surface area contributed by atoms with Gasteiger partial charge in [0.1, 0.15) is 0 Å². The number of rotatable bonds is 2. The smallest absolute Gasteiger partial charge is 0.227 e. The summed E-state index contributed by atoms with van der Waals surface area (Å²) in [6, 6.07) is 0. The molecule has 0 atom stereocenters. The summed E-state index contributed by atoms with van der Waals surface area (Å²) >= 11 is 2.12. The first-order valence-electron chi connectivity index (χ1n) is 7.93. The molecule has 0 saturated carbocycles. The van der Waals surface area contributed by atoms with E-state index < -0.39 is 0 Å². The molecule has 2 rings (SSSR count). The van der Waals surface area contributed by atoms with E-state index in [1.165, 1.54) is 18.8 Å². The van der Waals surface area contributed by atoms with E-state index in [4.69, 9.17) is 0 Å². The van der Waals surface area contributed by atoms with Gasteiger partial charge in [0.2, 0.25) is 5.91 Å². The summed E-state index contributed by atoms with van der Waals surface area (Å²) in [6.45, 7) is 14.9. The summed E-state index contributed by atoms with van der Waals surface area (Å²) in [5.41, 5.74) is -0.245. The zero-order chi connectivity index (χ0) is 15.0. The van der Waals surface area contributed by atoms with Crippen LogP contribution < -0.4 is 0 Å². The maximum Gasteiger partial charge on any atom is 0.227 e. The van der Waals surface area contributed by atoms with Crippen LogP contribution in [0.5, 0.6) is 0 Å². The fourth-order valence-electron chi connectivity index (χ4n) is 3.33. The van der Waals surface area contributed by atoms with Crippen molar-refractivity contribution in [2.24, 2.45) is 11.3 Å². The Bertz CT molecular complexity index is 354. The van der Waals surface area contributed by atoms with Crippen LogP contribution in [0, 0.1) is 11.3 Å². The maximum atomic E-state index is 12.4. The molecule has 2 heterocycles. The number of nitrogens with zero attached hydrogens (tertiary/aromatic N) is 2. The van der Waals surface area contributed by atoms with Gasteiger partial charge in [-0.1, -0.05) is 34.6 Å². The van der Waals surface area contributed by atoms with Crippen LogP contribution in [0.4, 0.5) is 0 Å². The molecule has 4 heteroatoms. The predicted octanol–water partition coefficient (Wildman–Crippen LogP) is 3.06. The first kappa shape index (κ1) is 16.2. The molecule has 1 amide bonds. The molecule has 3 nitrogen and oxygen atoms in total. The van der Waals surface area contributed by atoms with Crippen molar-refractivity contribution in [2.75, 3.05) is 31.9 Å². The maximum absolute atomic E-state index is 12.4. The van der Waals surface area contributed by atoms with Crippen LogP contribution in [0.15, 0.2) is 0 Å². The predicted molar refractivity (Wildman–Crippen MR) is 86.9 cm³/mol. The second-order valence-electron chi connectivity index (χ2n) is 7.68. The Morgan fingerprint density at radius 2 is 1.80 bits per heavy atom. The zero-order valence-corrected chi connectivity index (χ0v) is 14.6. The van der Waals surface area contributed by atoms with Gasteiger partial charge in [-0.2, -0.15) is 0 Å². The van der Waals surface area contributed by atoms with E-state index >= 15 is 0 Å². The lowest BCUT2D eigenvalue weighted by Crippen LogP contribution is -2.54. The van der Waals surface area contributed by atoms with Gasteiger partial charge in [-0.05, 0) is 18.8 Å². The standard InChI is InChI=1S/C16H30N2OS/c1-13(2)12-18-10-11-20-16(18)6-8-17(9-7-16)14(19)15(3,4)5/h13H,6-12H2,1-5H3. The monoisotopic (exact) mass is 298 g/mol. The van der Waals surface area contributed by atoms with Gasteiger partial charge in [-0.25, -0.2) is 0 Å². The van der Waals surface area contributed by atoms with Crippen LogP contribution >= 0.6 is 11.8 Å². The lowest BCUT2D eigenvalue weighted by atomic mass is 9.92. The van der Waals surface area contributed by atoms with Crippen molar-refractivity contribution in [2.45, 2.75) is 52.3 Å². The van der Waals surface area contributed by atoms with E-state index in [1.807, 2.05) is 20.8 Å². The Morgan fingerprint density at radius 3 is 2.30 bits per heavy atom. The van der Waals surface area contributed by atoms with Gasteiger partial charge in [-0.3, -0.25) is 9.69 Å². The van der Waals surface area contributed by atoms with Crippen LogP contribution in [-0.2, 0) is 4.79 Å². The topological polar surface area (TPSA) is 23.6 Å². The zero-order valence-electron chi connectivity index (χ0n) is 13.7. The molecule has 116 valence electrons. The van der Waals surface area contributed by atoms with Crippen LogP contribution in [0.3, 0.4) is 0 Å². The van der Waals surface area contributed by atoms with E-state index in [-0.39, 0.29) is 5.41 Å². The molecule has 20 heavy (non-hydrogen) atoms. The molecule has 2 aliphatic heterocycles. The summed E-state index contributed by atoms with van der Waals surface area (Å²) in [4.78, 5) is 17.5. The van der Waals surface area contributed by atoms with Crippen molar-refractivity contribution in [3.05, 3.63) is 0 Å². The lowest BCUT2D eigenvalue weighted by molar-refractivity contribution is -0.141. The Labute approximate surface area is 128 Å². The van der Waals surface area contributed by atoms with E-state index in [0.29, 0.717) is 10.8 Å². The number of carbonyl (C=O) groups is 1. The summed E-state index contributed by atoms with van der Waals surface area (Å²) in [7, 11) is 0. The highest BCUT2D eigenvalue weighted by Crippen LogP contribution is 2.44. The van der Waals surface area contributed by atoms with Crippen molar-refractivity contribution in [3.63, 3.8) is 0 Å². The number of amides is 1. The second kappa shape index (κ2) is 5.88. The molecule has 0 aromatic carbocycles. The molecule has 0 N–H and O–H groups in total. The number of thioether (sulfide) groups is 1. The van der Waals surface area contributed by atoms with Gasteiger partial charge in [-0.15, -0.1) is 11.8 Å². The SMILES string of the molecule is CC(C)CN1CCSC12CCN(C(=O)C(C)(C)C)CC2. The van der Waals surface area contributed by atoms with Crippen LogP contribution in [0.1, 0.15) is 47.5 Å². The van der Waals surface area contributed by atoms with Crippen LogP contribution in [0.25, 0.3) is 0 Å². The van der Waals surface area contributed by atoms with E-state index in [1.54, 1.807) is 0 Å². The van der Waals surface area contributed by atoms with Crippen molar-refractivity contribution < 1.29 is 4.79 Å². The number of likely N-dealkylation sites (tertiary alicyclic amines) is 1. The molecule has 1 spiro atoms. The lowest BCUT2D eigenvalue weighted by Gasteiger charge is -2.45. The molecule has 2 fully saturated rings.